The first-order valence-electron chi connectivity index (χ1n) is 6.01. The van der Waals surface area contributed by atoms with E-state index >= 15 is 0 Å². The molecule has 1 unspecified atom stereocenters. The van der Waals surface area contributed by atoms with Crippen LogP contribution in [0.15, 0.2) is 6.07 Å². The topological polar surface area (TPSA) is 41.1 Å². The van der Waals surface area contributed by atoms with E-state index in [1.807, 2.05) is 6.92 Å². The summed E-state index contributed by atoms with van der Waals surface area (Å²) >= 11 is 0. The standard InChI is InChI=1S/C13H13F3N2O/c1-6-7(13(14,15)16)3-8-10-11(6)17-5-12(10,2)4-9(19)18-8/h3,17H,4-5H2,1-2H3,(H,18,19). The molecule has 0 radical (unpaired) electrons. The minimum atomic E-state index is -4.42. The highest BCUT2D eigenvalue weighted by Crippen LogP contribution is 2.50. The zero-order valence-corrected chi connectivity index (χ0v) is 10.5. The van der Waals surface area contributed by atoms with Crippen molar-refractivity contribution in [1.29, 1.82) is 0 Å². The summed E-state index contributed by atoms with van der Waals surface area (Å²) in [4.78, 5) is 11.6. The maximum absolute atomic E-state index is 13.0. The van der Waals surface area contributed by atoms with Gasteiger partial charge in [0.25, 0.3) is 0 Å². The summed E-state index contributed by atoms with van der Waals surface area (Å²) in [5.41, 5.74) is 0.704. The van der Waals surface area contributed by atoms with Gasteiger partial charge in [0.1, 0.15) is 0 Å². The molecular weight excluding hydrogens is 257 g/mol. The lowest BCUT2D eigenvalue weighted by Crippen LogP contribution is -2.35. The molecule has 102 valence electrons. The number of benzene rings is 1. The van der Waals surface area contributed by atoms with E-state index in [4.69, 9.17) is 0 Å². The molecule has 0 spiro atoms. The minimum Gasteiger partial charge on any atom is -0.384 e. The Bertz CT molecular complexity index is 595. The Labute approximate surface area is 108 Å². The highest BCUT2D eigenvalue weighted by molar-refractivity contribution is 5.99. The van der Waals surface area contributed by atoms with Crippen LogP contribution < -0.4 is 10.6 Å². The molecule has 2 aliphatic heterocycles. The number of carbonyl (C=O) groups excluding carboxylic acids is 1. The zero-order valence-electron chi connectivity index (χ0n) is 10.5. The minimum absolute atomic E-state index is 0.200. The van der Waals surface area contributed by atoms with Gasteiger partial charge < -0.3 is 10.6 Å². The molecule has 3 nitrogen and oxygen atoms in total. The van der Waals surface area contributed by atoms with Gasteiger partial charge in [0.2, 0.25) is 5.91 Å². The van der Waals surface area contributed by atoms with Gasteiger partial charge in [-0.2, -0.15) is 13.2 Å². The fraction of sp³-hybridized carbons (Fsp3) is 0.462. The van der Waals surface area contributed by atoms with Gasteiger partial charge in [-0.05, 0) is 18.6 Å². The van der Waals surface area contributed by atoms with E-state index in [2.05, 4.69) is 10.6 Å². The average molecular weight is 270 g/mol. The van der Waals surface area contributed by atoms with Crippen molar-refractivity contribution in [3.05, 3.63) is 22.8 Å². The third-order valence-electron chi connectivity index (χ3n) is 3.98. The molecule has 0 saturated heterocycles. The summed E-state index contributed by atoms with van der Waals surface area (Å²) in [5, 5.41) is 5.59. The predicted molar refractivity (Wildman–Crippen MR) is 65.3 cm³/mol. The molecule has 0 aliphatic carbocycles. The average Bonchev–Trinajstić information content (AvgIpc) is 2.59. The summed E-state index contributed by atoms with van der Waals surface area (Å²) in [6, 6.07) is 1.05. The molecule has 1 aromatic carbocycles. The quantitative estimate of drug-likeness (QED) is 0.760. The summed E-state index contributed by atoms with van der Waals surface area (Å²) in [6.45, 7) is 3.86. The first-order valence-corrected chi connectivity index (χ1v) is 6.01. The first-order chi connectivity index (χ1) is 8.72. The lowest BCUT2D eigenvalue weighted by molar-refractivity contribution is -0.138. The summed E-state index contributed by atoms with van der Waals surface area (Å²) in [6.07, 6.45) is -4.12. The number of hydrogen-bond donors (Lipinski definition) is 2. The summed E-state index contributed by atoms with van der Waals surface area (Å²) in [7, 11) is 0. The molecule has 1 amide bonds. The molecule has 3 rings (SSSR count). The van der Waals surface area contributed by atoms with Crippen molar-refractivity contribution < 1.29 is 18.0 Å². The van der Waals surface area contributed by atoms with Crippen LogP contribution in [0.5, 0.6) is 0 Å². The number of carbonyl (C=O) groups is 1. The molecule has 2 N–H and O–H groups in total. The van der Waals surface area contributed by atoms with Crippen LogP contribution in [-0.4, -0.2) is 12.5 Å². The van der Waals surface area contributed by atoms with E-state index in [0.29, 0.717) is 18.7 Å². The highest BCUT2D eigenvalue weighted by Gasteiger charge is 2.45. The van der Waals surface area contributed by atoms with Crippen molar-refractivity contribution in [2.75, 3.05) is 17.2 Å². The molecule has 1 aromatic rings. The molecule has 0 bridgehead atoms. The second-order valence-electron chi connectivity index (χ2n) is 5.48. The lowest BCUT2D eigenvalue weighted by Gasteiger charge is -2.31. The number of alkyl halides is 3. The van der Waals surface area contributed by atoms with Gasteiger partial charge in [-0.15, -0.1) is 0 Å². The van der Waals surface area contributed by atoms with Crippen LogP contribution in [0.4, 0.5) is 24.5 Å². The van der Waals surface area contributed by atoms with Crippen molar-refractivity contribution in [3.63, 3.8) is 0 Å². The van der Waals surface area contributed by atoms with Crippen LogP contribution in [0, 0.1) is 6.92 Å². The van der Waals surface area contributed by atoms with Crippen molar-refractivity contribution in [3.8, 4) is 0 Å². The second-order valence-corrected chi connectivity index (χ2v) is 5.48. The van der Waals surface area contributed by atoms with E-state index in [-0.39, 0.29) is 17.2 Å². The van der Waals surface area contributed by atoms with Gasteiger partial charge in [0.15, 0.2) is 0 Å². The molecule has 0 aromatic heterocycles. The maximum Gasteiger partial charge on any atom is 0.416 e. The van der Waals surface area contributed by atoms with Crippen molar-refractivity contribution in [2.24, 2.45) is 0 Å². The Morgan fingerprint density at radius 1 is 1.37 bits per heavy atom. The molecule has 0 saturated carbocycles. The van der Waals surface area contributed by atoms with Gasteiger partial charge in [-0.3, -0.25) is 4.79 Å². The fourth-order valence-corrected chi connectivity index (χ4v) is 3.09. The van der Waals surface area contributed by atoms with Crippen LogP contribution in [-0.2, 0) is 16.4 Å². The molecule has 2 aliphatic rings. The number of nitrogens with one attached hydrogen (secondary N) is 2. The van der Waals surface area contributed by atoms with E-state index in [1.54, 1.807) is 0 Å². The maximum atomic E-state index is 13.0. The van der Waals surface area contributed by atoms with Crippen LogP contribution in [0.2, 0.25) is 0 Å². The zero-order chi connectivity index (χ0) is 14.0. The first kappa shape index (κ1) is 12.3. The van der Waals surface area contributed by atoms with Crippen molar-refractivity contribution in [1.82, 2.24) is 0 Å². The van der Waals surface area contributed by atoms with Crippen LogP contribution >= 0.6 is 0 Å². The predicted octanol–water partition coefficient (Wildman–Crippen LogP) is 3.04. The normalized spacial score (nSPS) is 24.8. The molecule has 2 heterocycles. The third-order valence-corrected chi connectivity index (χ3v) is 3.98. The third kappa shape index (κ3) is 1.62. The number of rotatable bonds is 0. The van der Waals surface area contributed by atoms with E-state index < -0.39 is 17.2 Å². The van der Waals surface area contributed by atoms with Gasteiger partial charge in [0, 0.05) is 35.3 Å². The molecule has 1 atom stereocenters. The smallest absolute Gasteiger partial charge is 0.384 e. The number of amides is 1. The monoisotopic (exact) mass is 270 g/mol. The Morgan fingerprint density at radius 2 is 2.05 bits per heavy atom. The molecule has 19 heavy (non-hydrogen) atoms. The van der Waals surface area contributed by atoms with Gasteiger partial charge >= 0.3 is 6.18 Å². The van der Waals surface area contributed by atoms with Crippen molar-refractivity contribution in [2.45, 2.75) is 31.9 Å². The highest BCUT2D eigenvalue weighted by atomic mass is 19.4. The van der Waals surface area contributed by atoms with Crippen LogP contribution in [0.1, 0.15) is 30.0 Å². The van der Waals surface area contributed by atoms with E-state index in [0.717, 1.165) is 11.6 Å². The lowest BCUT2D eigenvalue weighted by atomic mass is 9.77. The molecule has 6 heteroatoms. The van der Waals surface area contributed by atoms with Crippen LogP contribution in [0.3, 0.4) is 0 Å². The fourth-order valence-electron chi connectivity index (χ4n) is 3.09. The Balaban J connectivity index is 2.30. The molecule has 0 fully saturated rings. The van der Waals surface area contributed by atoms with Crippen molar-refractivity contribution >= 4 is 17.3 Å². The number of anilines is 2. The summed E-state index contributed by atoms with van der Waals surface area (Å²) < 4.78 is 39.0. The van der Waals surface area contributed by atoms with Gasteiger partial charge in [-0.25, -0.2) is 0 Å². The summed E-state index contributed by atoms with van der Waals surface area (Å²) in [5.74, 6) is -0.235. The SMILES string of the molecule is Cc1c(C(F)(F)F)cc2c3c1NCC3(C)CC(=O)N2. The Hall–Kier alpha value is -1.72. The van der Waals surface area contributed by atoms with E-state index in [1.165, 1.54) is 6.92 Å². The Morgan fingerprint density at radius 3 is 2.68 bits per heavy atom. The van der Waals surface area contributed by atoms with E-state index in [9.17, 15) is 18.0 Å². The molecular formula is C13H13F3N2O. The van der Waals surface area contributed by atoms with Gasteiger partial charge in [0.05, 0.1) is 5.56 Å². The van der Waals surface area contributed by atoms with Crippen LogP contribution in [0.25, 0.3) is 0 Å². The second kappa shape index (κ2) is 3.43. The largest absolute Gasteiger partial charge is 0.416 e. The number of halogens is 3. The Kier molecular flexibility index (Phi) is 2.23. The van der Waals surface area contributed by atoms with Gasteiger partial charge in [-0.1, -0.05) is 6.92 Å². The number of hydrogen-bond acceptors (Lipinski definition) is 2.